The van der Waals surface area contributed by atoms with Gasteiger partial charge in [-0.2, -0.15) is 5.10 Å². The lowest BCUT2D eigenvalue weighted by Crippen LogP contribution is -2.38. The van der Waals surface area contributed by atoms with Gasteiger partial charge in [0.2, 0.25) is 5.82 Å². The normalized spacial score (nSPS) is 11.6. The maximum Gasteiger partial charge on any atom is 0.216 e. The molecule has 0 bridgehead atoms. The van der Waals surface area contributed by atoms with Crippen LogP contribution >= 0.6 is 0 Å². The molecule has 0 aliphatic heterocycles. The molecule has 142 valence electrons. The Kier molecular flexibility index (Phi) is 6.14. The van der Waals surface area contributed by atoms with Gasteiger partial charge in [-0.15, -0.1) is 0 Å². The minimum atomic E-state index is -0.489. The van der Waals surface area contributed by atoms with Crippen molar-refractivity contribution in [3.8, 4) is 11.6 Å². The number of halogens is 2. The van der Waals surface area contributed by atoms with Crippen molar-refractivity contribution in [1.29, 1.82) is 0 Å². The van der Waals surface area contributed by atoms with Gasteiger partial charge in [0.15, 0.2) is 11.7 Å². The number of aromatic nitrogens is 3. The number of hydrogen-bond acceptors (Lipinski definition) is 4. The molecule has 1 aromatic carbocycles. The first-order chi connectivity index (χ1) is 13.2. The summed E-state index contributed by atoms with van der Waals surface area (Å²) < 4.78 is 32.2. The summed E-state index contributed by atoms with van der Waals surface area (Å²) in [5, 5.41) is 13.2. The zero-order valence-corrected chi connectivity index (χ0v) is 14.8. The van der Waals surface area contributed by atoms with Crippen LogP contribution in [0.4, 0.5) is 8.78 Å². The molecular formula is C18H20F2N6O. The van der Waals surface area contributed by atoms with E-state index in [1.165, 1.54) is 0 Å². The summed E-state index contributed by atoms with van der Waals surface area (Å²) in [6.45, 7) is 3.13. The van der Waals surface area contributed by atoms with Crippen molar-refractivity contribution in [2.75, 3.05) is 13.1 Å². The highest BCUT2D eigenvalue weighted by atomic mass is 19.1. The first-order valence-corrected chi connectivity index (χ1v) is 8.57. The summed E-state index contributed by atoms with van der Waals surface area (Å²) in [7, 11) is 0. The van der Waals surface area contributed by atoms with E-state index in [2.05, 4.69) is 30.8 Å². The molecule has 0 spiro atoms. The van der Waals surface area contributed by atoms with Gasteiger partial charge in [0.25, 0.3) is 0 Å². The molecule has 0 atom stereocenters. The van der Waals surface area contributed by atoms with Crippen LogP contribution in [0.2, 0.25) is 0 Å². The van der Waals surface area contributed by atoms with Crippen LogP contribution < -0.4 is 10.6 Å². The monoisotopic (exact) mass is 374 g/mol. The Balaban J connectivity index is 1.56. The minimum absolute atomic E-state index is 0.0316. The molecule has 7 nitrogen and oxygen atoms in total. The van der Waals surface area contributed by atoms with Crippen LogP contribution in [0.3, 0.4) is 0 Å². The smallest absolute Gasteiger partial charge is 0.216 e. The van der Waals surface area contributed by atoms with Gasteiger partial charge >= 0.3 is 0 Å². The second kappa shape index (κ2) is 8.93. The third kappa shape index (κ3) is 5.13. The highest BCUT2D eigenvalue weighted by molar-refractivity contribution is 5.79. The first kappa shape index (κ1) is 18.6. The topological polar surface area (TPSA) is 91.1 Å². The van der Waals surface area contributed by atoms with E-state index in [1.807, 2.05) is 6.92 Å². The van der Waals surface area contributed by atoms with Gasteiger partial charge < -0.3 is 15.1 Å². The van der Waals surface area contributed by atoms with E-state index in [0.717, 1.165) is 18.2 Å². The summed E-state index contributed by atoms with van der Waals surface area (Å²) in [4.78, 5) is 8.65. The predicted octanol–water partition coefficient (Wildman–Crippen LogP) is 2.64. The lowest BCUT2D eigenvalue weighted by Gasteiger charge is -2.10. The Morgan fingerprint density at radius 1 is 1.26 bits per heavy atom. The second-order valence-corrected chi connectivity index (χ2v) is 5.69. The predicted molar refractivity (Wildman–Crippen MR) is 97.0 cm³/mol. The molecule has 3 aromatic rings. The first-order valence-electron chi connectivity index (χ1n) is 8.57. The highest BCUT2D eigenvalue weighted by Crippen LogP contribution is 2.14. The fourth-order valence-corrected chi connectivity index (χ4v) is 2.39. The van der Waals surface area contributed by atoms with Gasteiger partial charge in [0, 0.05) is 25.1 Å². The zero-order chi connectivity index (χ0) is 19.1. The Labute approximate surface area is 154 Å². The Bertz CT molecular complexity index is 891. The molecule has 27 heavy (non-hydrogen) atoms. The molecule has 0 saturated heterocycles. The molecule has 2 heterocycles. The lowest BCUT2D eigenvalue weighted by molar-refractivity contribution is 0.577. The summed E-state index contributed by atoms with van der Waals surface area (Å²) >= 11 is 0. The third-order valence-corrected chi connectivity index (χ3v) is 3.69. The second-order valence-electron chi connectivity index (χ2n) is 5.69. The van der Waals surface area contributed by atoms with Crippen LogP contribution in [0.5, 0.6) is 0 Å². The van der Waals surface area contributed by atoms with E-state index in [9.17, 15) is 8.78 Å². The minimum Gasteiger partial charge on any atom is -0.461 e. The maximum atomic E-state index is 13.7. The molecule has 2 aromatic heterocycles. The van der Waals surface area contributed by atoms with E-state index in [0.29, 0.717) is 42.9 Å². The third-order valence-electron chi connectivity index (χ3n) is 3.69. The number of nitrogens with zero attached hydrogens (tertiary/aromatic N) is 3. The van der Waals surface area contributed by atoms with E-state index >= 15 is 0 Å². The average Bonchev–Trinajstić information content (AvgIpc) is 3.33. The van der Waals surface area contributed by atoms with Crippen LogP contribution in [0.15, 0.2) is 46.0 Å². The van der Waals surface area contributed by atoms with E-state index < -0.39 is 11.6 Å². The van der Waals surface area contributed by atoms with Crippen LogP contribution in [0.25, 0.3) is 11.6 Å². The lowest BCUT2D eigenvalue weighted by atomic mass is 10.2. The number of aliphatic imine (C=N–C) groups is 1. The Morgan fingerprint density at radius 2 is 2.15 bits per heavy atom. The van der Waals surface area contributed by atoms with Crippen molar-refractivity contribution in [3.05, 3.63) is 59.6 Å². The molecule has 0 saturated carbocycles. The molecule has 0 radical (unpaired) electrons. The van der Waals surface area contributed by atoms with Crippen molar-refractivity contribution in [2.24, 2.45) is 4.99 Å². The van der Waals surface area contributed by atoms with Gasteiger partial charge in [-0.1, -0.05) is 0 Å². The standard InChI is InChI=1S/C18H20F2N6O/c1-2-21-18(23-11-12-10-13(19)5-6-14(12)20)22-8-7-16-24-17(26-25-16)15-4-3-9-27-15/h3-6,9-10H,2,7-8,11H2,1H3,(H2,21,22,23)(H,24,25,26). The number of nitrogens with one attached hydrogen (secondary N) is 3. The number of benzene rings is 1. The zero-order valence-electron chi connectivity index (χ0n) is 14.8. The summed E-state index contributed by atoms with van der Waals surface area (Å²) in [5.74, 6) is 1.32. The molecule has 0 unspecified atom stereocenters. The quantitative estimate of drug-likeness (QED) is 0.437. The molecule has 3 rings (SSSR count). The molecule has 9 heteroatoms. The van der Waals surface area contributed by atoms with Crippen LogP contribution in [-0.2, 0) is 13.0 Å². The van der Waals surface area contributed by atoms with E-state index in [-0.39, 0.29) is 12.1 Å². The fourth-order valence-electron chi connectivity index (χ4n) is 2.39. The molecule has 3 N–H and O–H groups in total. The van der Waals surface area contributed by atoms with Gasteiger partial charge in [0.1, 0.15) is 17.5 Å². The number of rotatable bonds is 7. The highest BCUT2D eigenvalue weighted by Gasteiger charge is 2.08. The molecule has 0 aliphatic carbocycles. The van der Waals surface area contributed by atoms with Crippen molar-refractivity contribution >= 4 is 5.96 Å². The van der Waals surface area contributed by atoms with Crippen molar-refractivity contribution < 1.29 is 13.2 Å². The maximum absolute atomic E-state index is 13.7. The molecule has 0 aliphatic rings. The average molecular weight is 374 g/mol. The number of guanidine groups is 1. The molecule has 0 fully saturated rings. The summed E-state index contributed by atoms with van der Waals surface area (Å²) in [6.07, 6.45) is 2.14. The summed E-state index contributed by atoms with van der Waals surface area (Å²) in [5.41, 5.74) is 0.200. The largest absolute Gasteiger partial charge is 0.461 e. The van der Waals surface area contributed by atoms with Crippen LogP contribution in [0.1, 0.15) is 18.3 Å². The molecule has 0 amide bonds. The Hall–Kier alpha value is -3.23. The van der Waals surface area contributed by atoms with Gasteiger partial charge in [-0.05, 0) is 37.3 Å². The van der Waals surface area contributed by atoms with Crippen molar-refractivity contribution in [2.45, 2.75) is 19.9 Å². The van der Waals surface area contributed by atoms with Gasteiger partial charge in [-0.3, -0.25) is 5.10 Å². The van der Waals surface area contributed by atoms with Gasteiger partial charge in [-0.25, -0.2) is 18.8 Å². The number of aromatic amines is 1. The van der Waals surface area contributed by atoms with Crippen LogP contribution in [0, 0.1) is 11.6 Å². The fraction of sp³-hybridized carbons (Fsp3) is 0.278. The molecular weight excluding hydrogens is 354 g/mol. The van der Waals surface area contributed by atoms with E-state index in [1.54, 1.807) is 18.4 Å². The SMILES string of the molecule is CCNC(=NCc1cc(F)ccc1F)NCCc1nc(-c2ccco2)n[nH]1. The van der Waals surface area contributed by atoms with Crippen LogP contribution in [-0.4, -0.2) is 34.2 Å². The number of furan rings is 1. The summed E-state index contributed by atoms with van der Waals surface area (Å²) in [6, 6.07) is 6.88. The van der Waals surface area contributed by atoms with E-state index in [4.69, 9.17) is 4.42 Å². The number of H-pyrrole nitrogens is 1. The van der Waals surface area contributed by atoms with Crippen molar-refractivity contribution in [1.82, 2.24) is 25.8 Å². The van der Waals surface area contributed by atoms with Gasteiger partial charge in [0.05, 0.1) is 12.8 Å². The number of hydrogen-bond donors (Lipinski definition) is 3. The van der Waals surface area contributed by atoms with Crippen molar-refractivity contribution in [3.63, 3.8) is 0 Å². The Morgan fingerprint density at radius 3 is 2.93 bits per heavy atom.